The Morgan fingerprint density at radius 2 is 2.08 bits per heavy atom. The summed E-state index contributed by atoms with van der Waals surface area (Å²) < 4.78 is 52.9. The van der Waals surface area contributed by atoms with Crippen LogP contribution in [0.5, 0.6) is 0 Å². The highest BCUT2D eigenvalue weighted by atomic mass is 32.1. The van der Waals surface area contributed by atoms with Crippen LogP contribution >= 0.6 is 11.3 Å². The van der Waals surface area contributed by atoms with Crippen molar-refractivity contribution in [3.63, 3.8) is 0 Å². The molecule has 3 rings (SSSR count). The van der Waals surface area contributed by atoms with Crippen LogP contribution in [0.2, 0.25) is 0 Å². The van der Waals surface area contributed by atoms with Crippen LogP contribution in [0.3, 0.4) is 0 Å². The van der Waals surface area contributed by atoms with Gasteiger partial charge in [0.1, 0.15) is 16.9 Å². The maximum absolute atomic E-state index is 14.4. The molecule has 1 aliphatic heterocycles. The first-order valence-corrected chi connectivity index (χ1v) is 12.5. The zero-order valence-corrected chi connectivity index (χ0v) is 21.3. The number of hydrazine groups is 1. The third-order valence-electron chi connectivity index (χ3n) is 5.19. The maximum Gasteiger partial charge on any atom is 0.416 e. The van der Waals surface area contributed by atoms with Gasteiger partial charge in [-0.15, -0.1) is 10.2 Å². The summed E-state index contributed by atoms with van der Waals surface area (Å²) in [5.41, 5.74) is 5.11. The van der Waals surface area contributed by atoms with E-state index in [2.05, 4.69) is 31.1 Å². The summed E-state index contributed by atoms with van der Waals surface area (Å²) in [6.45, 7) is -0.450. The van der Waals surface area contributed by atoms with Gasteiger partial charge in [-0.1, -0.05) is 17.4 Å². The van der Waals surface area contributed by atoms with Crippen LogP contribution in [0.1, 0.15) is 17.1 Å². The number of alkyl halides is 4. The standard InChI is InChI=1S/C23H27F4N9O2S/c24-15(4-5-20-34-35-22(39-20)33-19(37)10-16-3-1-2-7-30-16)12-36(29)13-18(28)21(38)32-11-17-9-14(6-8-31-17)23(25,26)27/h1-3,6-9,13,15,17,31H,4-5,10-12,28-29H2,(H,32,38)(H,33,35,37)/b18-13-. The van der Waals surface area contributed by atoms with Crippen molar-refractivity contribution in [1.82, 2.24) is 30.8 Å². The van der Waals surface area contributed by atoms with E-state index in [1.165, 1.54) is 0 Å². The molecule has 2 amide bonds. The predicted octanol–water partition coefficient (Wildman–Crippen LogP) is 1.45. The molecule has 2 unspecified atom stereocenters. The summed E-state index contributed by atoms with van der Waals surface area (Å²) in [6.07, 6.45) is 0.0441. The van der Waals surface area contributed by atoms with Gasteiger partial charge in [-0.2, -0.15) is 13.2 Å². The van der Waals surface area contributed by atoms with Crippen LogP contribution in [0.15, 0.2) is 60.2 Å². The Balaban J connectivity index is 1.38. The maximum atomic E-state index is 14.4. The van der Waals surface area contributed by atoms with Crippen LogP contribution in [0.4, 0.5) is 22.7 Å². The van der Waals surface area contributed by atoms with Gasteiger partial charge in [0.2, 0.25) is 11.0 Å². The monoisotopic (exact) mass is 569 g/mol. The smallest absolute Gasteiger partial charge is 0.393 e. The van der Waals surface area contributed by atoms with E-state index < -0.39 is 29.9 Å². The number of aryl methyl sites for hydroxylation is 1. The van der Waals surface area contributed by atoms with Crippen molar-refractivity contribution in [3.8, 4) is 0 Å². The summed E-state index contributed by atoms with van der Waals surface area (Å²) >= 11 is 1.12. The fourth-order valence-corrected chi connectivity index (χ4v) is 4.09. The van der Waals surface area contributed by atoms with Crippen molar-refractivity contribution >= 4 is 28.3 Å². The second-order valence-electron chi connectivity index (χ2n) is 8.40. The van der Waals surface area contributed by atoms with Crippen LogP contribution in [-0.4, -0.2) is 63.5 Å². The minimum absolute atomic E-state index is 0.0406. The first-order valence-electron chi connectivity index (χ1n) is 11.6. The molecule has 0 saturated heterocycles. The molecule has 210 valence electrons. The summed E-state index contributed by atoms with van der Waals surface area (Å²) in [4.78, 5) is 28.3. The Morgan fingerprint density at radius 1 is 1.28 bits per heavy atom. The van der Waals surface area contributed by atoms with Gasteiger partial charge in [0, 0.05) is 31.1 Å². The number of rotatable bonds is 12. The molecular formula is C23H27F4N9O2S. The van der Waals surface area contributed by atoms with Gasteiger partial charge in [-0.05, 0) is 36.9 Å². The summed E-state index contributed by atoms with van der Waals surface area (Å²) in [5, 5.41) is 17.2. The molecule has 2 atom stereocenters. The quantitative estimate of drug-likeness (QED) is 0.110. The van der Waals surface area contributed by atoms with E-state index in [-0.39, 0.29) is 49.1 Å². The lowest BCUT2D eigenvalue weighted by Crippen LogP contribution is -2.42. The number of aromatic nitrogens is 3. The van der Waals surface area contributed by atoms with Gasteiger partial charge in [-0.3, -0.25) is 14.6 Å². The molecule has 0 aliphatic carbocycles. The Labute approximate surface area is 225 Å². The van der Waals surface area contributed by atoms with Gasteiger partial charge in [-0.25, -0.2) is 10.2 Å². The molecule has 0 fully saturated rings. The van der Waals surface area contributed by atoms with Gasteiger partial charge in [0.15, 0.2) is 0 Å². The molecule has 0 bridgehead atoms. The number of dihydropyridines is 1. The molecule has 0 radical (unpaired) electrons. The summed E-state index contributed by atoms with van der Waals surface area (Å²) in [7, 11) is 0. The molecule has 0 saturated carbocycles. The normalized spacial score (nSPS) is 16.2. The molecule has 7 N–H and O–H groups in total. The number of hydrogen-bond donors (Lipinski definition) is 5. The SMILES string of the molecule is N/C(=C\N(N)CC(F)CCc1nnc(NC(=O)Cc2ccccn2)s1)C(=O)NCC1C=C(C(F)(F)F)C=CN1. The van der Waals surface area contributed by atoms with E-state index in [9.17, 15) is 27.2 Å². The van der Waals surface area contributed by atoms with Crippen LogP contribution in [0, 0.1) is 0 Å². The molecule has 2 aromatic heterocycles. The van der Waals surface area contributed by atoms with E-state index in [1.807, 2.05) is 0 Å². The lowest BCUT2D eigenvalue weighted by atomic mass is 10.1. The predicted molar refractivity (Wildman–Crippen MR) is 136 cm³/mol. The Kier molecular flexibility index (Phi) is 10.3. The van der Waals surface area contributed by atoms with Gasteiger partial charge < -0.3 is 26.7 Å². The Morgan fingerprint density at radius 3 is 2.79 bits per heavy atom. The Bertz CT molecular complexity index is 1220. The lowest BCUT2D eigenvalue weighted by molar-refractivity contribution is -0.118. The van der Waals surface area contributed by atoms with Crippen molar-refractivity contribution in [2.45, 2.75) is 37.7 Å². The fraction of sp³-hybridized carbons (Fsp3) is 0.348. The fourth-order valence-electron chi connectivity index (χ4n) is 3.32. The zero-order chi connectivity index (χ0) is 28.4. The molecule has 11 nitrogen and oxygen atoms in total. The molecule has 0 spiro atoms. The number of allylic oxidation sites excluding steroid dienone is 2. The van der Waals surface area contributed by atoms with Gasteiger partial charge in [0.25, 0.3) is 5.91 Å². The number of anilines is 1. The summed E-state index contributed by atoms with van der Waals surface area (Å²) in [5.74, 6) is 4.66. The van der Waals surface area contributed by atoms with Crippen molar-refractivity contribution in [1.29, 1.82) is 0 Å². The number of amides is 2. The van der Waals surface area contributed by atoms with E-state index in [0.717, 1.165) is 40.9 Å². The topological polar surface area (TPSA) is 164 Å². The first kappa shape index (κ1) is 29.5. The highest BCUT2D eigenvalue weighted by Crippen LogP contribution is 2.28. The lowest BCUT2D eigenvalue weighted by Gasteiger charge is -2.21. The van der Waals surface area contributed by atoms with Gasteiger partial charge in [0.05, 0.1) is 24.6 Å². The second kappa shape index (κ2) is 13.7. The number of nitrogens with zero attached hydrogens (tertiary/aromatic N) is 4. The Hall–Kier alpha value is -4.05. The van der Waals surface area contributed by atoms with Crippen molar-refractivity contribution in [2.75, 3.05) is 18.4 Å². The molecule has 39 heavy (non-hydrogen) atoms. The van der Waals surface area contributed by atoms with Crippen LogP contribution in [-0.2, 0) is 22.4 Å². The van der Waals surface area contributed by atoms with Crippen molar-refractivity contribution < 1.29 is 27.2 Å². The highest BCUT2D eigenvalue weighted by Gasteiger charge is 2.33. The van der Waals surface area contributed by atoms with Crippen LogP contribution in [0.25, 0.3) is 0 Å². The second-order valence-corrected chi connectivity index (χ2v) is 9.46. The third-order valence-corrected chi connectivity index (χ3v) is 6.09. The number of halogens is 4. The van der Waals surface area contributed by atoms with Crippen LogP contribution < -0.4 is 27.5 Å². The van der Waals surface area contributed by atoms with E-state index in [1.54, 1.807) is 24.4 Å². The number of nitrogens with one attached hydrogen (secondary N) is 3. The first-order chi connectivity index (χ1) is 18.5. The zero-order valence-electron chi connectivity index (χ0n) is 20.5. The van der Waals surface area contributed by atoms with Gasteiger partial charge >= 0.3 is 6.18 Å². The molecule has 0 aromatic carbocycles. The number of carbonyl (C=O) groups excluding carboxylic acids is 2. The van der Waals surface area contributed by atoms with Crippen molar-refractivity contribution in [2.24, 2.45) is 11.6 Å². The minimum Gasteiger partial charge on any atom is -0.393 e. The van der Waals surface area contributed by atoms with E-state index >= 15 is 0 Å². The number of carbonyl (C=O) groups is 2. The van der Waals surface area contributed by atoms with Crippen molar-refractivity contribution in [3.05, 3.63) is 70.9 Å². The number of nitrogens with two attached hydrogens (primary N) is 2. The summed E-state index contributed by atoms with van der Waals surface area (Å²) in [6, 6.07) is 4.46. The van der Waals surface area contributed by atoms with E-state index in [0.29, 0.717) is 10.7 Å². The average Bonchev–Trinajstić information content (AvgIpc) is 3.33. The average molecular weight is 570 g/mol. The minimum atomic E-state index is -4.50. The largest absolute Gasteiger partial charge is 0.416 e. The number of pyridine rings is 1. The molecular weight excluding hydrogens is 542 g/mol. The highest BCUT2D eigenvalue weighted by molar-refractivity contribution is 7.15. The van der Waals surface area contributed by atoms with E-state index in [4.69, 9.17) is 11.6 Å². The molecule has 1 aliphatic rings. The molecule has 2 aromatic rings. The third kappa shape index (κ3) is 9.97. The molecule has 16 heteroatoms. The number of hydrogen-bond acceptors (Lipinski definition) is 10. The molecule has 3 heterocycles.